The molecule has 3 N–H and O–H groups in total. The molecule has 0 aliphatic carbocycles. The zero-order valence-electron chi connectivity index (χ0n) is 16.6. The van der Waals surface area contributed by atoms with Crippen LogP contribution in [0.1, 0.15) is 21.5 Å². The van der Waals surface area contributed by atoms with Crippen LogP contribution in [0.2, 0.25) is 5.02 Å². The molecule has 0 heterocycles. The van der Waals surface area contributed by atoms with E-state index in [-0.39, 0.29) is 23.2 Å². The summed E-state index contributed by atoms with van der Waals surface area (Å²) in [5, 5.41) is 15.3. The van der Waals surface area contributed by atoms with Crippen LogP contribution < -0.4 is 10.7 Å². The van der Waals surface area contributed by atoms with Crippen molar-refractivity contribution in [3.05, 3.63) is 76.3 Å². The summed E-state index contributed by atoms with van der Waals surface area (Å²) >= 11 is 5.85. The van der Waals surface area contributed by atoms with Gasteiger partial charge in [0.05, 0.1) is 11.6 Å². The van der Waals surface area contributed by atoms with Crippen LogP contribution in [0.4, 0.5) is 13.2 Å². The van der Waals surface area contributed by atoms with Gasteiger partial charge in [0.15, 0.2) is 0 Å². The van der Waals surface area contributed by atoms with E-state index >= 15 is 0 Å². The number of nitrogens with zero attached hydrogens (tertiary/aromatic N) is 1. The van der Waals surface area contributed by atoms with Gasteiger partial charge in [-0.05, 0) is 40.1 Å². The van der Waals surface area contributed by atoms with E-state index in [1.165, 1.54) is 18.2 Å². The zero-order chi connectivity index (χ0) is 22.6. The summed E-state index contributed by atoms with van der Waals surface area (Å²) in [6.07, 6.45) is -4.27. The van der Waals surface area contributed by atoms with Crippen LogP contribution in [0.15, 0.2) is 54.6 Å². The summed E-state index contributed by atoms with van der Waals surface area (Å²) in [7, 11) is 1.70. The Balaban J connectivity index is 1.73. The maximum atomic E-state index is 12.4. The summed E-state index contributed by atoms with van der Waals surface area (Å²) in [6.45, 7) is -0.595. The number of phenolic OH excluding ortho intramolecular Hbond substituents is 1. The average Bonchev–Trinajstić information content (AvgIpc) is 2.70. The Kier molecular flexibility index (Phi) is 7.04. The second-order valence-corrected chi connectivity index (χ2v) is 7.52. The van der Waals surface area contributed by atoms with Gasteiger partial charge in [-0.3, -0.25) is 10.2 Å². The van der Waals surface area contributed by atoms with E-state index < -0.39 is 12.7 Å². The van der Waals surface area contributed by atoms with Crippen LogP contribution in [-0.2, 0) is 13.1 Å². The fourth-order valence-corrected chi connectivity index (χ4v) is 3.42. The number of hydrogen-bond acceptors (Lipinski definition) is 4. The lowest BCUT2D eigenvalue weighted by atomic mass is 9.99. The summed E-state index contributed by atoms with van der Waals surface area (Å²) in [5.41, 5.74) is 4.70. The molecule has 0 atom stereocenters. The van der Waals surface area contributed by atoms with E-state index in [1.807, 2.05) is 30.3 Å². The van der Waals surface area contributed by atoms with Crippen molar-refractivity contribution < 1.29 is 23.1 Å². The standard InChI is InChI=1S/C22H21ClF3N3O2/c1-29(28-21(31)14-8-9-20(30)19(23)10-14)12-16-7-6-15(11-27-13-22(24,25)26)17-4-2-3-5-18(16)17/h2-10,27,30H,11-13H2,1H3,(H,28,31). The number of aromatic hydroxyl groups is 1. The number of phenols is 1. The molecule has 9 heteroatoms. The van der Waals surface area contributed by atoms with Gasteiger partial charge in [-0.1, -0.05) is 48.0 Å². The number of halogens is 4. The van der Waals surface area contributed by atoms with E-state index in [0.717, 1.165) is 21.9 Å². The van der Waals surface area contributed by atoms with Gasteiger partial charge in [0.25, 0.3) is 5.91 Å². The van der Waals surface area contributed by atoms with E-state index in [4.69, 9.17) is 11.6 Å². The van der Waals surface area contributed by atoms with Gasteiger partial charge in [0.1, 0.15) is 5.75 Å². The first kappa shape index (κ1) is 22.9. The normalized spacial score (nSPS) is 11.8. The molecule has 3 aromatic carbocycles. The maximum absolute atomic E-state index is 12.4. The first-order valence-corrected chi connectivity index (χ1v) is 9.79. The third-order valence-corrected chi connectivity index (χ3v) is 4.96. The van der Waals surface area contributed by atoms with E-state index in [2.05, 4.69) is 10.7 Å². The minimum absolute atomic E-state index is 0.0796. The first-order chi connectivity index (χ1) is 14.6. The summed E-state index contributed by atoms with van der Waals surface area (Å²) < 4.78 is 37.3. The zero-order valence-corrected chi connectivity index (χ0v) is 17.4. The number of benzene rings is 3. The molecule has 0 bridgehead atoms. The molecule has 5 nitrogen and oxygen atoms in total. The Morgan fingerprint density at radius 2 is 1.71 bits per heavy atom. The molecule has 0 radical (unpaired) electrons. The molecule has 1 amide bonds. The number of rotatable bonds is 7. The van der Waals surface area contributed by atoms with E-state index in [9.17, 15) is 23.1 Å². The predicted octanol–water partition coefficient (Wildman–Crippen LogP) is 4.63. The van der Waals surface area contributed by atoms with Crippen molar-refractivity contribution in [1.29, 1.82) is 0 Å². The molecule has 3 aromatic rings. The van der Waals surface area contributed by atoms with Crippen molar-refractivity contribution in [3.8, 4) is 5.75 Å². The Morgan fingerprint density at radius 1 is 1.06 bits per heavy atom. The van der Waals surface area contributed by atoms with Gasteiger partial charge >= 0.3 is 6.18 Å². The molecule has 0 aliphatic rings. The fraction of sp³-hybridized carbons (Fsp3) is 0.227. The second-order valence-electron chi connectivity index (χ2n) is 7.11. The number of alkyl halides is 3. The minimum Gasteiger partial charge on any atom is -0.506 e. The van der Waals surface area contributed by atoms with E-state index in [1.54, 1.807) is 18.1 Å². The highest BCUT2D eigenvalue weighted by Crippen LogP contribution is 2.25. The van der Waals surface area contributed by atoms with Crippen LogP contribution in [0.3, 0.4) is 0 Å². The van der Waals surface area contributed by atoms with Crippen molar-refractivity contribution in [1.82, 2.24) is 15.8 Å². The Morgan fingerprint density at radius 3 is 2.35 bits per heavy atom. The minimum atomic E-state index is -4.27. The summed E-state index contributed by atoms with van der Waals surface area (Å²) in [6, 6.07) is 15.3. The number of carbonyl (C=O) groups excluding carboxylic acids is 1. The van der Waals surface area contributed by atoms with Crippen molar-refractivity contribution >= 4 is 28.3 Å². The van der Waals surface area contributed by atoms with E-state index in [0.29, 0.717) is 12.1 Å². The largest absolute Gasteiger partial charge is 0.506 e. The quantitative estimate of drug-likeness (QED) is 0.458. The molecular weight excluding hydrogens is 431 g/mol. The Labute approximate surface area is 182 Å². The predicted molar refractivity (Wildman–Crippen MR) is 114 cm³/mol. The molecule has 0 unspecified atom stereocenters. The molecule has 31 heavy (non-hydrogen) atoms. The van der Waals surface area contributed by atoms with Crippen molar-refractivity contribution in [2.75, 3.05) is 13.6 Å². The number of nitrogens with one attached hydrogen (secondary N) is 2. The van der Waals surface area contributed by atoms with Gasteiger partial charge in [-0.15, -0.1) is 0 Å². The van der Waals surface area contributed by atoms with Crippen LogP contribution in [0, 0.1) is 0 Å². The first-order valence-electron chi connectivity index (χ1n) is 9.41. The third-order valence-electron chi connectivity index (χ3n) is 4.66. The molecule has 164 valence electrons. The van der Waals surface area contributed by atoms with Crippen molar-refractivity contribution in [2.24, 2.45) is 0 Å². The van der Waals surface area contributed by atoms with Gasteiger partial charge in [-0.25, -0.2) is 5.01 Å². The molecule has 0 spiro atoms. The smallest absolute Gasteiger partial charge is 0.401 e. The second kappa shape index (κ2) is 9.55. The van der Waals surface area contributed by atoms with Gasteiger partial charge < -0.3 is 10.4 Å². The third kappa shape index (κ3) is 6.10. The van der Waals surface area contributed by atoms with Crippen molar-refractivity contribution in [2.45, 2.75) is 19.3 Å². The molecule has 0 aromatic heterocycles. The highest BCUT2D eigenvalue weighted by Gasteiger charge is 2.26. The molecule has 3 rings (SSSR count). The highest BCUT2D eigenvalue weighted by atomic mass is 35.5. The fourth-order valence-electron chi connectivity index (χ4n) is 3.24. The van der Waals surface area contributed by atoms with Crippen molar-refractivity contribution in [3.63, 3.8) is 0 Å². The lowest BCUT2D eigenvalue weighted by Crippen LogP contribution is -2.38. The number of carbonyl (C=O) groups is 1. The lowest BCUT2D eigenvalue weighted by molar-refractivity contribution is -0.125. The highest BCUT2D eigenvalue weighted by molar-refractivity contribution is 6.32. The number of hydrogen-bond donors (Lipinski definition) is 3. The monoisotopic (exact) mass is 451 g/mol. The average molecular weight is 452 g/mol. The van der Waals surface area contributed by atoms with Gasteiger partial charge in [-0.2, -0.15) is 13.2 Å². The molecule has 0 saturated heterocycles. The van der Waals surface area contributed by atoms with Crippen LogP contribution in [0.5, 0.6) is 5.75 Å². The number of amides is 1. The lowest BCUT2D eigenvalue weighted by Gasteiger charge is -2.20. The maximum Gasteiger partial charge on any atom is 0.401 e. The number of fused-ring (bicyclic) bond motifs is 1. The molecular formula is C22H21ClF3N3O2. The van der Waals surface area contributed by atoms with Crippen LogP contribution >= 0.6 is 11.6 Å². The van der Waals surface area contributed by atoms with Gasteiger partial charge in [0.2, 0.25) is 0 Å². The molecule has 0 aliphatic heterocycles. The van der Waals surface area contributed by atoms with Gasteiger partial charge in [0, 0.05) is 25.7 Å². The molecule has 0 fully saturated rings. The SMILES string of the molecule is CN(Cc1ccc(CNCC(F)(F)F)c2ccccc12)NC(=O)c1ccc(O)c(Cl)c1. The van der Waals surface area contributed by atoms with Crippen LogP contribution in [0.25, 0.3) is 10.8 Å². The van der Waals surface area contributed by atoms with Crippen LogP contribution in [-0.4, -0.2) is 35.8 Å². The molecule has 0 saturated carbocycles. The Bertz CT molecular complexity index is 1090. The summed E-state index contributed by atoms with van der Waals surface area (Å²) in [5.74, 6) is -0.496. The Hall–Kier alpha value is -2.81. The number of hydrazine groups is 1. The topological polar surface area (TPSA) is 64.6 Å². The summed E-state index contributed by atoms with van der Waals surface area (Å²) in [4.78, 5) is 12.4.